The van der Waals surface area contributed by atoms with Crippen LogP contribution in [0.1, 0.15) is 26.7 Å². The average molecular weight is 286 g/mol. The molecule has 1 aromatic heterocycles. The summed E-state index contributed by atoms with van der Waals surface area (Å²) in [6.07, 6.45) is 4.39. The van der Waals surface area contributed by atoms with Crippen molar-refractivity contribution < 1.29 is 9.53 Å². The smallest absolute Gasteiger partial charge is 0.242 e. The molecule has 3 rings (SSSR count). The highest BCUT2D eigenvalue weighted by Crippen LogP contribution is 2.28. The summed E-state index contributed by atoms with van der Waals surface area (Å²) in [6, 6.07) is 8.47. The Kier molecular flexibility index (Phi) is 3.62. The largest absolute Gasteiger partial charge is 0.490 e. The molecule has 1 fully saturated rings. The van der Waals surface area contributed by atoms with Crippen molar-refractivity contribution in [3.05, 3.63) is 30.5 Å². The first-order valence-corrected chi connectivity index (χ1v) is 7.56. The zero-order valence-electron chi connectivity index (χ0n) is 12.9. The number of likely N-dealkylation sites (N-methyl/N-ethyl adjacent to an activating group) is 1. The Bertz CT molecular complexity index is 656. The average Bonchev–Trinajstić information content (AvgIpc) is 3.21. The zero-order valence-corrected chi connectivity index (χ0v) is 12.9. The summed E-state index contributed by atoms with van der Waals surface area (Å²) in [5.74, 6) is 1.05. The molecule has 0 radical (unpaired) electrons. The highest BCUT2D eigenvalue weighted by Gasteiger charge is 2.29. The summed E-state index contributed by atoms with van der Waals surface area (Å²) in [6.45, 7) is 4.43. The van der Waals surface area contributed by atoms with Crippen molar-refractivity contribution in [1.29, 1.82) is 0 Å². The number of amides is 1. The van der Waals surface area contributed by atoms with E-state index in [0.717, 1.165) is 29.5 Å². The van der Waals surface area contributed by atoms with Crippen molar-refractivity contribution in [2.75, 3.05) is 7.05 Å². The van der Waals surface area contributed by atoms with Crippen LogP contribution in [0.2, 0.25) is 0 Å². The molecule has 0 N–H and O–H groups in total. The standard InChI is InChI=1S/C17H22N2O2/c1-12(2)21-16-6-4-5-15-14(16)9-10-19(15)11-17(20)18(3)13-7-8-13/h4-6,9-10,12-13H,7-8,11H2,1-3H3. The molecule has 0 unspecified atom stereocenters. The van der Waals surface area contributed by atoms with Crippen LogP contribution in [0.15, 0.2) is 30.5 Å². The van der Waals surface area contributed by atoms with E-state index in [1.165, 1.54) is 0 Å². The Hall–Kier alpha value is -1.97. The van der Waals surface area contributed by atoms with Crippen LogP contribution in [-0.2, 0) is 11.3 Å². The molecule has 1 amide bonds. The Balaban J connectivity index is 1.84. The first kappa shape index (κ1) is 14.0. The van der Waals surface area contributed by atoms with Crippen molar-refractivity contribution in [2.24, 2.45) is 0 Å². The topological polar surface area (TPSA) is 34.5 Å². The van der Waals surface area contributed by atoms with E-state index in [1.54, 1.807) is 0 Å². The third kappa shape index (κ3) is 2.89. The first-order valence-electron chi connectivity index (χ1n) is 7.56. The normalized spacial score (nSPS) is 14.7. The van der Waals surface area contributed by atoms with E-state index < -0.39 is 0 Å². The van der Waals surface area contributed by atoms with Gasteiger partial charge in [-0.2, -0.15) is 0 Å². The van der Waals surface area contributed by atoms with Crippen molar-refractivity contribution in [3.8, 4) is 5.75 Å². The van der Waals surface area contributed by atoms with E-state index >= 15 is 0 Å². The molecule has 1 aromatic carbocycles. The highest BCUT2D eigenvalue weighted by molar-refractivity contribution is 5.88. The van der Waals surface area contributed by atoms with Crippen LogP contribution in [0.25, 0.3) is 10.9 Å². The molecule has 0 atom stereocenters. The fraction of sp³-hybridized carbons (Fsp3) is 0.471. The molecule has 4 nitrogen and oxygen atoms in total. The second-order valence-corrected chi connectivity index (χ2v) is 6.04. The van der Waals surface area contributed by atoms with Crippen molar-refractivity contribution >= 4 is 16.8 Å². The number of fused-ring (bicyclic) bond motifs is 1. The van der Waals surface area contributed by atoms with Crippen LogP contribution in [0.3, 0.4) is 0 Å². The Labute approximate surface area is 125 Å². The molecule has 0 aliphatic heterocycles. The van der Waals surface area contributed by atoms with Crippen LogP contribution >= 0.6 is 0 Å². The summed E-state index contributed by atoms with van der Waals surface area (Å²) < 4.78 is 7.84. The lowest BCUT2D eigenvalue weighted by molar-refractivity contribution is -0.130. The number of hydrogen-bond acceptors (Lipinski definition) is 2. The molecule has 21 heavy (non-hydrogen) atoms. The number of rotatable bonds is 5. The van der Waals surface area contributed by atoms with Gasteiger partial charge in [-0.3, -0.25) is 4.79 Å². The van der Waals surface area contributed by atoms with Gasteiger partial charge in [0, 0.05) is 24.7 Å². The van der Waals surface area contributed by atoms with Gasteiger partial charge >= 0.3 is 0 Å². The van der Waals surface area contributed by atoms with Gasteiger partial charge < -0.3 is 14.2 Å². The maximum atomic E-state index is 12.3. The first-order chi connectivity index (χ1) is 10.1. The van der Waals surface area contributed by atoms with Crippen LogP contribution < -0.4 is 4.74 Å². The van der Waals surface area contributed by atoms with Gasteiger partial charge in [-0.25, -0.2) is 0 Å². The fourth-order valence-corrected chi connectivity index (χ4v) is 2.61. The van der Waals surface area contributed by atoms with Gasteiger partial charge in [0.1, 0.15) is 12.3 Å². The summed E-state index contributed by atoms with van der Waals surface area (Å²) >= 11 is 0. The maximum absolute atomic E-state index is 12.3. The maximum Gasteiger partial charge on any atom is 0.242 e. The van der Waals surface area contributed by atoms with Crippen molar-refractivity contribution in [2.45, 2.75) is 45.4 Å². The summed E-state index contributed by atoms with van der Waals surface area (Å²) in [5, 5.41) is 1.06. The number of carbonyl (C=O) groups is 1. The highest BCUT2D eigenvalue weighted by atomic mass is 16.5. The van der Waals surface area contributed by atoms with Crippen LogP contribution in [0.5, 0.6) is 5.75 Å². The lowest BCUT2D eigenvalue weighted by Crippen LogP contribution is -2.31. The minimum atomic E-state index is 0.140. The van der Waals surface area contributed by atoms with E-state index in [0.29, 0.717) is 12.6 Å². The Morgan fingerprint density at radius 3 is 2.81 bits per heavy atom. The minimum Gasteiger partial charge on any atom is -0.490 e. The van der Waals surface area contributed by atoms with Gasteiger partial charge in [-0.05, 0) is 44.9 Å². The van der Waals surface area contributed by atoms with E-state index in [9.17, 15) is 4.79 Å². The molecule has 1 aliphatic carbocycles. The second kappa shape index (κ2) is 5.43. The predicted molar refractivity (Wildman–Crippen MR) is 83.5 cm³/mol. The van der Waals surface area contributed by atoms with Crippen LogP contribution in [-0.4, -0.2) is 34.6 Å². The van der Waals surface area contributed by atoms with E-state index in [4.69, 9.17) is 4.74 Å². The number of benzene rings is 1. The molecule has 4 heteroatoms. The molecule has 1 aliphatic rings. The molecule has 112 valence electrons. The third-order valence-corrected chi connectivity index (χ3v) is 3.93. The molecular formula is C17H22N2O2. The lowest BCUT2D eigenvalue weighted by atomic mass is 10.2. The number of hydrogen-bond donors (Lipinski definition) is 0. The Morgan fingerprint density at radius 1 is 1.38 bits per heavy atom. The number of nitrogens with zero attached hydrogens (tertiary/aromatic N) is 2. The molecular weight excluding hydrogens is 264 g/mol. The molecule has 2 aromatic rings. The van der Waals surface area contributed by atoms with E-state index in [2.05, 4.69) is 0 Å². The third-order valence-electron chi connectivity index (χ3n) is 3.93. The molecule has 1 heterocycles. The minimum absolute atomic E-state index is 0.140. The summed E-state index contributed by atoms with van der Waals surface area (Å²) in [4.78, 5) is 14.1. The monoisotopic (exact) mass is 286 g/mol. The summed E-state index contributed by atoms with van der Waals surface area (Å²) in [7, 11) is 1.90. The fourth-order valence-electron chi connectivity index (χ4n) is 2.61. The molecule has 1 saturated carbocycles. The van der Waals surface area contributed by atoms with Gasteiger partial charge in [0.2, 0.25) is 5.91 Å². The Morgan fingerprint density at radius 2 is 2.14 bits per heavy atom. The van der Waals surface area contributed by atoms with Gasteiger partial charge in [0.25, 0.3) is 0 Å². The molecule has 0 bridgehead atoms. The van der Waals surface area contributed by atoms with Gasteiger partial charge in [0.05, 0.1) is 11.6 Å². The molecule has 0 spiro atoms. The lowest BCUT2D eigenvalue weighted by Gasteiger charge is -2.17. The van der Waals surface area contributed by atoms with Crippen LogP contribution in [0, 0.1) is 0 Å². The van der Waals surface area contributed by atoms with Crippen molar-refractivity contribution in [1.82, 2.24) is 9.47 Å². The molecule has 0 saturated heterocycles. The van der Waals surface area contributed by atoms with Gasteiger partial charge in [0.15, 0.2) is 0 Å². The number of ether oxygens (including phenoxy) is 1. The number of carbonyl (C=O) groups excluding carboxylic acids is 1. The number of aromatic nitrogens is 1. The van der Waals surface area contributed by atoms with Crippen molar-refractivity contribution in [3.63, 3.8) is 0 Å². The van der Waals surface area contributed by atoms with Gasteiger partial charge in [-0.1, -0.05) is 6.07 Å². The van der Waals surface area contributed by atoms with Gasteiger partial charge in [-0.15, -0.1) is 0 Å². The quantitative estimate of drug-likeness (QED) is 0.846. The zero-order chi connectivity index (χ0) is 15.0. The summed E-state index contributed by atoms with van der Waals surface area (Å²) in [5.41, 5.74) is 1.05. The van der Waals surface area contributed by atoms with E-state index in [1.807, 2.05) is 60.8 Å². The van der Waals surface area contributed by atoms with Crippen LogP contribution in [0.4, 0.5) is 0 Å². The predicted octanol–water partition coefficient (Wildman–Crippen LogP) is 3.05. The van der Waals surface area contributed by atoms with E-state index in [-0.39, 0.29) is 12.0 Å². The second-order valence-electron chi connectivity index (χ2n) is 6.04. The SMILES string of the molecule is CC(C)Oc1cccc2c1ccn2CC(=O)N(C)C1CC1.